The van der Waals surface area contributed by atoms with Crippen molar-refractivity contribution in [2.75, 3.05) is 7.05 Å². The molecule has 0 bridgehead atoms. The molecule has 1 unspecified atom stereocenters. The Hall–Kier alpha value is -0.890. The molecule has 1 rings (SSSR count). The van der Waals surface area contributed by atoms with E-state index in [1.807, 2.05) is 13.8 Å². The second-order valence-corrected chi connectivity index (χ2v) is 6.50. The van der Waals surface area contributed by atoms with Crippen LogP contribution in [-0.4, -0.2) is 32.2 Å². The lowest BCUT2D eigenvalue weighted by Gasteiger charge is -2.29. The van der Waals surface area contributed by atoms with Gasteiger partial charge in [-0.2, -0.15) is 0 Å². The molecule has 0 amide bonds. The topological polar surface area (TPSA) is 91.6 Å². The Morgan fingerprint density at radius 1 is 1.44 bits per heavy atom. The molecular formula is C11H20N2O4S. The van der Waals surface area contributed by atoms with Gasteiger partial charge < -0.3 is 14.8 Å². The average molecular weight is 276 g/mol. The number of furan rings is 1. The number of aliphatic hydroxyl groups is 1. The van der Waals surface area contributed by atoms with Crippen LogP contribution in [0, 0.1) is 0 Å². The number of nitrogens with one attached hydrogen (secondary N) is 2. The number of aliphatic hydroxyl groups excluding tert-OH is 1. The van der Waals surface area contributed by atoms with Crippen LogP contribution in [0.2, 0.25) is 0 Å². The Morgan fingerprint density at radius 2 is 2.06 bits per heavy atom. The quantitative estimate of drug-likeness (QED) is 0.701. The van der Waals surface area contributed by atoms with E-state index in [0.29, 0.717) is 12.3 Å². The third-order valence-corrected chi connectivity index (χ3v) is 4.22. The van der Waals surface area contributed by atoms with Crippen molar-refractivity contribution in [1.29, 1.82) is 0 Å². The summed E-state index contributed by atoms with van der Waals surface area (Å²) in [6.45, 7) is 5.74. The fourth-order valence-corrected chi connectivity index (χ4v) is 1.83. The molecule has 1 aromatic rings. The molecule has 0 spiro atoms. The minimum Gasteiger partial charge on any atom is -0.447 e. The number of sulfonamides is 1. The monoisotopic (exact) mass is 276 g/mol. The number of hydrogen-bond donors (Lipinski definition) is 3. The molecule has 0 aliphatic rings. The molecule has 18 heavy (non-hydrogen) atoms. The molecule has 0 fully saturated rings. The molecule has 0 saturated heterocycles. The van der Waals surface area contributed by atoms with Gasteiger partial charge in [0.25, 0.3) is 10.0 Å². The van der Waals surface area contributed by atoms with Gasteiger partial charge in [-0.15, -0.1) is 0 Å². The van der Waals surface area contributed by atoms with Gasteiger partial charge in [-0.3, -0.25) is 0 Å². The molecule has 0 radical (unpaired) electrons. The van der Waals surface area contributed by atoms with Gasteiger partial charge in [-0.1, -0.05) is 0 Å². The van der Waals surface area contributed by atoms with Crippen LogP contribution >= 0.6 is 0 Å². The number of hydrogen-bond acceptors (Lipinski definition) is 5. The summed E-state index contributed by atoms with van der Waals surface area (Å²) in [5, 5.41) is 12.5. The van der Waals surface area contributed by atoms with Crippen molar-refractivity contribution >= 4 is 10.0 Å². The maximum absolute atomic E-state index is 11.5. The van der Waals surface area contributed by atoms with Crippen LogP contribution in [0.25, 0.3) is 0 Å². The molecule has 6 nitrogen and oxygen atoms in total. The van der Waals surface area contributed by atoms with Crippen LogP contribution in [0.5, 0.6) is 0 Å². The van der Waals surface area contributed by atoms with Gasteiger partial charge in [-0.25, -0.2) is 13.1 Å². The van der Waals surface area contributed by atoms with E-state index in [1.54, 1.807) is 13.0 Å². The second-order valence-electron chi connectivity index (χ2n) is 4.68. The summed E-state index contributed by atoms with van der Waals surface area (Å²) in [7, 11) is -2.22. The van der Waals surface area contributed by atoms with Crippen molar-refractivity contribution in [3.05, 3.63) is 17.9 Å². The maximum atomic E-state index is 11.5. The standard InChI is InChI=1S/C11H20N2O4S/c1-8(14)11(2,3)13-7-9-5-6-10(17-9)18(15,16)12-4/h5-6,8,12-14H,7H2,1-4H3. The van der Waals surface area contributed by atoms with E-state index in [9.17, 15) is 13.5 Å². The summed E-state index contributed by atoms with van der Waals surface area (Å²) in [6.07, 6.45) is -0.534. The average Bonchev–Trinajstić information content (AvgIpc) is 2.75. The van der Waals surface area contributed by atoms with E-state index < -0.39 is 21.7 Å². The first-order valence-corrected chi connectivity index (χ1v) is 7.13. The Balaban J connectivity index is 2.72. The van der Waals surface area contributed by atoms with E-state index in [1.165, 1.54) is 13.1 Å². The minimum absolute atomic E-state index is 0.114. The zero-order valence-corrected chi connectivity index (χ0v) is 11.8. The molecule has 0 aromatic carbocycles. The Bertz CT molecular complexity index is 491. The van der Waals surface area contributed by atoms with Crippen LogP contribution in [0.3, 0.4) is 0 Å². The predicted molar refractivity (Wildman–Crippen MR) is 67.6 cm³/mol. The zero-order valence-electron chi connectivity index (χ0n) is 11.0. The first-order valence-electron chi connectivity index (χ1n) is 5.64. The molecular weight excluding hydrogens is 256 g/mol. The Labute approximate surface area is 107 Å². The summed E-state index contributed by atoms with van der Waals surface area (Å²) in [5.74, 6) is 0.498. The highest BCUT2D eigenvalue weighted by Gasteiger charge is 2.24. The summed E-state index contributed by atoms with van der Waals surface area (Å²) in [5.41, 5.74) is -0.477. The lowest BCUT2D eigenvalue weighted by molar-refractivity contribution is 0.0939. The minimum atomic E-state index is -3.54. The summed E-state index contributed by atoms with van der Waals surface area (Å²) < 4.78 is 30.3. The summed E-state index contributed by atoms with van der Waals surface area (Å²) in [6, 6.07) is 2.99. The first kappa shape index (κ1) is 15.2. The van der Waals surface area contributed by atoms with Crippen LogP contribution in [0.15, 0.2) is 21.6 Å². The normalized spacial score (nSPS) is 14.7. The van der Waals surface area contributed by atoms with Crippen molar-refractivity contribution in [1.82, 2.24) is 10.0 Å². The largest absolute Gasteiger partial charge is 0.447 e. The fourth-order valence-electron chi connectivity index (χ4n) is 1.16. The van der Waals surface area contributed by atoms with Crippen molar-refractivity contribution in [3.63, 3.8) is 0 Å². The van der Waals surface area contributed by atoms with Crippen molar-refractivity contribution < 1.29 is 17.9 Å². The van der Waals surface area contributed by atoms with Crippen LogP contribution in [0.4, 0.5) is 0 Å². The van der Waals surface area contributed by atoms with Crippen molar-refractivity contribution in [2.45, 2.75) is 44.1 Å². The van der Waals surface area contributed by atoms with E-state index >= 15 is 0 Å². The molecule has 1 atom stereocenters. The van der Waals surface area contributed by atoms with Crippen molar-refractivity contribution in [3.8, 4) is 0 Å². The van der Waals surface area contributed by atoms with Crippen LogP contribution in [-0.2, 0) is 16.6 Å². The van der Waals surface area contributed by atoms with Gasteiger partial charge in [0.05, 0.1) is 12.6 Å². The lowest BCUT2D eigenvalue weighted by Crippen LogP contribution is -2.47. The number of rotatable bonds is 6. The predicted octanol–water partition coefficient (Wildman–Crippen LogP) is 0.437. The van der Waals surface area contributed by atoms with Gasteiger partial charge in [0.1, 0.15) is 5.76 Å². The zero-order chi connectivity index (χ0) is 14.0. The summed E-state index contributed by atoms with van der Waals surface area (Å²) in [4.78, 5) is 0. The van der Waals surface area contributed by atoms with Gasteiger partial charge in [-0.05, 0) is 40.0 Å². The highest BCUT2D eigenvalue weighted by molar-refractivity contribution is 7.89. The van der Waals surface area contributed by atoms with Crippen LogP contribution < -0.4 is 10.0 Å². The summed E-state index contributed by atoms with van der Waals surface area (Å²) >= 11 is 0. The molecule has 3 N–H and O–H groups in total. The van der Waals surface area contributed by atoms with Gasteiger partial charge >= 0.3 is 0 Å². The van der Waals surface area contributed by atoms with Crippen molar-refractivity contribution in [2.24, 2.45) is 0 Å². The van der Waals surface area contributed by atoms with E-state index in [0.717, 1.165) is 0 Å². The van der Waals surface area contributed by atoms with Crippen LogP contribution in [0.1, 0.15) is 26.5 Å². The molecule has 0 saturated carbocycles. The van der Waals surface area contributed by atoms with Gasteiger partial charge in [0.2, 0.25) is 5.09 Å². The first-order chi connectivity index (χ1) is 8.19. The molecule has 0 aliphatic heterocycles. The van der Waals surface area contributed by atoms with Gasteiger partial charge in [0, 0.05) is 5.54 Å². The Kier molecular flexibility index (Phi) is 4.55. The lowest BCUT2D eigenvalue weighted by atomic mass is 9.99. The molecule has 1 heterocycles. The van der Waals surface area contributed by atoms with E-state index in [-0.39, 0.29) is 5.09 Å². The molecule has 7 heteroatoms. The third-order valence-electron chi connectivity index (χ3n) is 2.93. The smallest absolute Gasteiger partial charge is 0.273 e. The SMILES string of the molecule is CNS(=O)(=O)c1ccc(CNC(C)(C)C(C)O)o1. The second kappa shape index (κ2) is 5.40. The molecule has 0 aliphatic carbocycles. The fraction of sp³-hybridized carbons (Fsp3) is 0.636. The Morgan fingerprint density at radius 3 is 2.56 bits per heavy atom. The van der Waals surface area contributed by atoms with E-state index in [2.05, 4.69) is 10.0 Å². The van der Waals surface area contributed by atoms with E-state index in [4.69, 9.17) is 4.42 Å². The highest BCUT2D eigenvalue weighted by Crippen LogP contribution is 2.15. The molecule has 104 valence electrons. The maximum Gasteiger partial charge on any atom is 0.273 e. The third kappa shape index (κ3) is 3.55. The highest BCUT2D eigenvalue weighted by atomic mass is 32.2. The van der Waals surface area contributed by atoms with Gasteiger partial charge in [0.15, 0.2) is 0 Å². The molecule has 1 aromatic heterocycles.